The van der Waals surface area contributed by atoms with E-state index in [9.17, 15) is 4.39 Å². The quantitative estimate of drug-likeness (QED) is 0.883. The van der Waals surface area contributed by atoms with Crippen molar-refractivity contribution in [3.63, 3.8) is 0 Å². The zero-order valence-corrected chi connectivity index (χ0v) is 10.1. The fourth-order valence-corrected chi connectivity index (χ4v) is 2.23. The Morgan fingerprint density at radius 3 is 3.22 bits per heavy atom. The van der Waals surface area contributed by atoms with Crippen molar-refractivity contribution >= 4 is 11.6 Å². The van der Waals surface area contributed by atoms with Gasteiger partial charge in [-0.25, -0.2) is 8.91 Å². The smallest absolute Gasteiger partial charge is 0.243 e. The summed E-state index contributed by atoms with van der Waals surface area (Å²) in [6.07, 6.45) is 3.45. The van der Waals surface area contributed by atoms with Crippen molar-refractivity contribution in [2.45, 2.75) is 31.9 Å². The zero-order valence-electron chi connectivity index (χ0n) is 10.1. The van der Waals surface area contributed by atoms with Crippen LogP contribution in [0.1, 0.15) is 19.8 Å². The molecule has 5 nitrogen and oxygen atoms in total. The number of ether oxygens (including phenoxy) is 1. The third-order valence-corrected chi connectivity index (χ3v) is 3.11. The summed E-state index contributed by atoms with van der Waals surface area (Å²) in [6.45, 7) is 2.81. The number of halogens is 1. The summed E-state index contributed by atoms with van der Waals surface area (Å²) in [5.41, 5.74) is 0.638. The first-order chi connectivity index (χ1) is 8.70. The van der Waals surface area contributed by atoms with Crippen LogP contribution >= 0.6 is 0 Å². The van der Waals surface area contributed by atoms with Crippen molar-refractivity contribution in [1.29, 1.82) is 0 Å². The number of nitrogens with one attached hydrogen (secondary N) is 1. The average Bonchev–Trinajstić information content (AvgIpc) is 2.70. The lowest BCUT2D eigenvalue weighted by Crippen LogP contribution is -2.32. The highest BCUT2D eigenvalue weighted by atomic mass is 19.1. The fraction of sp³-hybridized carbons (Fsp3) is 0.500. The lowest BCUT2D eigenvalue weighted by molar-refractivity contribution is 0.0231. The predicted octanol–water partition coefficient (Wildman–Crippen LogP) is 1.85. The largest absolute Gasteiger partial charge is 0.378 e. The van der Waals surface area contributed by atoms with Crippen molar-refractivity contribution in [3.8, 4) is 0 Å². The maximum absolute atomic E-state index is 13.0. The number of hydrogen-bond donors (Lipinski definition) is 1. The number of aromatic nitrogens is 3. The molecule has 1 aliphatic rings. The van der Waals surface area contributed by atoms with Gasteiger partial charge in [-0.3, -0.25) is 0 Å². The van der Waals surface area contributed by atoms with E-state index in [0.717, 1.165) is 19.4 Å². The second kappa shape index (κ2) is 4.53. The highest BCUT2D eigenvalue weighted by Gasteiger charge is 2.20. The summed E-state index contributed by atoms with van der Waals surface area (Å²) < 4.78 is 20.0. The lowest BCUT2D eigenvalue weighted by atomic mass is 10.0. The van der Waals surface area contributed by atoms with Gasteiger partial charge in [0.15, 0.2) is 5.65 Å². The highest BCUT2D eigenvalue weighted by molar-refractivity contribution is 5.43. The molecular formula is C12H15FN4O. The molecule has 0 bridgehead atoms. The summed E-state index contributed by atoms with van der Waals surface area (Å²) in [5.74, 6) is 0.221. The minimum Gasteiger partial charge on any atom is -0.378 e. The van der Waals surface area contributed by atoms with Crippen molar-refractivity contribution < 1.29 is 9.13 Å². The number of fused-ring (bicyclic) bond motifs is 1. The van der Waals surface area contributed by atoms with Gasteiger partial charge in [0.1, 0.15) is 5.82 Å². The molecular weight excluding hydrogens is 235 g/mol. The van der Waals surface area contributed by atoms with Crippen LogP contribution in [0.5, 0.6) is 0 Å². The van der Waals surface area contributed by atoms with E-state index in [1.807, 2.05) is 0 Å². The van der Waals surface area contributed by atoms with Gasteiger partial charge in [0, 0.05) is 12.6 Å². The van der Waals surface area contributed by atoms with Crippen molar-refractivity contribution in [2.24, 2.45) is 0 Å². The summed E-state index contributed by atoms with van der Waals surface area (Å²) in [6, 6.07) is 3.31. The number of pyridine rings is 1. The van der Waals surface area contributed by atoms with E-state index in [0.29, 0.717) is 17.6 Å². The van der Waals surface area contributed by atoms with Gasteiger partial charge in [-0.2, -0.15) is 4.98 Å². The molecule has 0 aromatic carbocycles. The molecule has 2 unspecified atom stereocenters. The van der Waals surface area contributed by atoms with Gasteiger partial charge in [0.05, 0.1) is 12.3 Å². The minimum atomic E-state index is -0.321. The Morgan fingerprint density at radius 1 is 1.50 bits per heavy atom. The van der Waals surface area contributed by atoms with Crippen LogP contribution in [0.25, 0.3) is 5.65 Å². The minimum absolute atomic E-state index is 0.255. The monoisotopic (exact) mass is 250 g/mol. The second-order valence-electron chi connectivity index (χ2n) is 4.63. The van der Waals surface area contributed by atoms with Crippen LogP contribution in [-0.2, 0) is 4.74 Å². The van der Waals surface area contributed by atoms with Gasteiger partial charge in [-0.1, -0.05) is 0 Å². The zero-order chi connectivity index (χ0) is 12.5. The summed E-state index contributed by atoms with van der Waals surface area (Å²) >= 11 is 0. The van der Waals surface area contributed by atoms with E-state index in [2.05, 4.69) is 22.3 Å². The molecule has 0 spiro atoms. The third kappa shape index (κ3) is 2.28. The Kier molecular flexibility index (Phi) is 2.87. The van der Waals surface area contributed by atoms with Gasteiger partial charge < -0.3 is 10.1 Å². The summed E-state index contributed by atoms with van der Waals surface area (Å²) in [7, 11) is 0. The SMILES string of the molecule is CC1CC(Nc2nc3ccc(F)cn3n2)CCO1. The molecule has 0 amide bonds. The van der Waals surface area contributed by atoms with Crippen molar-refractivity contribution in [2.75, 3.05) is 11.9 Å². The topological polar surface area (TPSA) is 51.5 Å². The Hall–Kier alpha value is -1.69. The number of anilines is 1. The standard InChI is InChI=1S/C12H15FN4O/c1-8-6-10(4-5-18-8)14-12-15-11-3-2-9(13)7-17(11)16-12/h2-3,7-8,10H,4-6H2,1H3,(H,14,16). The Bertz CT molecular complexity index is 556. The van der Waals surface area contributed by atoms with E-state index in [-0.39, 0.29) is 11.9 Å². The molecule has 2 atom stereocenters. The maximum Gasteiger partial charge on any atom is 0.243 e. The Labute approximate surface area is 104 Å². The molecule has 0 saturated carbocycles. The number of hydrogen-bond acceptors (Lipinski definition) is 4. The molecule has 18 heavy (non-hydrogen) atoms. The highest BCUT2D eigenvalue weighted by Crippen LogP contribution is 2.17. The van der Waals surface area contributed by atoms with E-state index in [1.54, 1.807) is 6.07 Å². The molecule has 0 radical (unpaired) electrons. The number of rotatable bonds is 2. The molecule has 3 rings (SSSR count). The molecule has 3 heterocycles. The van der Waals surface area contributed by atoms with Crippen LogP contribution in [0.15, 0.2) is 18.3 Å². The maximum atomic E-state index is 13.0. The normalized spacial score (nSPS) is 24.3. The van der Waals surface area contributed by atoms with Crippen LogP contribution in [0.4, 0.5) is 10.3 Å². The van der Waals surface area contributed by atoms with Crippen molar-refractivity contribution in [3.05, 3.63) is 24.1 Å². The molecule has 2 aromatic rings. The van der Waals surface area contributed by atoms with Crippen LogP contribution < -0.4 is 5.32 Å². The second-order valence-corrected chi connectivity index (χ2v) is 4.63. The van der Waals surface area contributed by atoms with Crippen LogP contribution in [0.3, 0.4) is 0 Å². The molecule has 1 saturated heterocycles. The first kappa shape index (κ1) is 11.4. The molecule has 6 heteroatoms. The molecule has 96 valence electrons. The van der Waals surface area contributed by atoms with Gasteiger partial charge >= 0.3 is 0 Å². The molecule has 2 aromatic heterocycles. The van der Waals surface area contributed by atoms with Gasteiger partial charge in [-0.05, 0) is 31.9 Å². The molecule has 1 aliphatic heterocycles. The molecule has 1 fully saturated rings. The van der Waals surface area contributed by atoms with E-state index < -0.39 is 0 Å². The predicted molar refractivity (Wildman–Crippen MR) is 65.0 cm³/mol. The van der Waals surface area contributed by atoms with Gasteiger partial charge in [-0.15, -0.1) is 5.10 Å². The van der Waals surface area contributed by atoms with E-state index >= 15 is 0 Å². The fourth-order valence-electron chi connectivity index (χ4n) is 2.23. The number of nitrogens with zero attached hydrogens (tertiary/aromatic N) is 3. The third-order valence-electron chi connectivity index (χ3n) is 3.11. The average molecular weight is 250 g/mol. The van der Waals surface area contributed by atoms with Gasteiger partial charge in [0.25, 0.3) is 0 Å². The van der Waals surface area contributed by atoms with Crippen LogP contribution in [0, 0.1) is 5.82 Å². The van der Waals surface area contributed by atoms with E-state index in [4.69, 9.17) is 4.74 Å². The van der Waals surface area contributed by atoms with E-state index in [1.165, 1.54) is 16.8 Å². The van der Waals surface area contributed by atoms with Gasteiger partial charge in [0.2, 0.25) is 5.95 Å². The Morgan fingerprint density at radius 2 is 2.39 bits per heavy atom. The first-order valence-corrected chi connectivity index (χ1v) is 6.11. The van der Waals surface area contributed by atoms with Crippen molar-refractivity contribution in [1.82, 2.24) is 14.6 Å². The first-order valence-electron chi connectivity index (χ1n) is 6.11. The van der Waals surface area contributed by atoms with Crippen LogP contribution in [0.2, 0.25) is 0 Å². The molecule has 1 N–H and O–H groups in total. The lowest BCUT2D eigenvalue weighted by Gasteiger charge is -2.27. The van der Waals surface area contributed by atoms with Crippen LogP contribution in [-0.4, -0.2) is 33.4 Å². The Balaban J connectivity index is 1.78. The summed E-state index contributed by atoms with van der Waals surface area (Å²) in [4.78, 5) is 4.31. The molecule has 0 aliphatic carbocycles. The summed E-state index contributed by atoms with van der Waals surface area (Å²) in [5, 5.41) is 7.48.